The molecule has 0 atom stereocenters. The van der Waals surface area contributed by atoms with E-state index in [0.717, 1.165) is 6.07 Å². The lowest BCUT2D eigenvalue weighted by Crippen LogP contribution is -2.30. The zero-order valence-electron chi connectivity index (χ0n) is 11.5. The van der Waals surface area contributed by atoms with Crippen LogP contribution >= 0.6 is 0 Å². The summed E-state index contributed by atoms with van der Waals surface area (Å²) in [5.41, 5.74) is -0.0582. The Balaban J connectivity index is 2.48. The summed E-state index contributed by atoms with van der Waals surface area (Å²) in [5, 5.41) is 4.82. The standard InChI is InChI=1S/C13H17F3N2O3/c1-2-20-9-5-8-17-12(19)18-10-6-3-4-7-11(10)21-13(14,15)16/h3-4,6-7H,2,5,8-9H2,1H3,(H2,17,18,19). The second kappa shape index (κ2) is 8.35. The van der Waals surface area contributed by atoms with Gasteiger partial charge >= 0.3 is 12.4 Å². The van der Waals surface area contributed by atoms with Crippen LogP contribution in [0, 0.1) is 0 Å². The summed E-state index contributed by atoms with van der Waals surface area (Å²) in [6.07, 6.45) is -4.20. The van der Waals surface area contributed by atoms with Crippen molar-refractivity contribution < 1.29 is 27.4 Å². The van der Waals surface area contributed by atoms with Crippen LogP contribution in [-0.2, 0) is 4.74 Å². The average molecular weight is 306 g/mol. The minimum absolute atomic E-state index is 0.0582. The molecule has 0 bridgehead atoms. The third kappa shape index (κ3) is 7.40. The molecule has 0 aromatic heterocycles. The molecular weight excluding hydrogens is 289 g/mol. The van der Waals surface area contributed by atoms with Crippen LogP contribution < -0.4 is 15.4 Å². The number of amides is 2. The van der Waals surface area contributed by atoms with Crippen molar-refractivity contribution >= 4 is 11.7 Å². The van der Waals surface area contributed by atoms with Crippen molar-refractivity contribution in [2.24, 2.45) is 0 Å². The van der Waals surface area contributed by atoms with Gasteiger partial charge in [-0.25, -0.2) is 4.79 Å². The van der Waals surface area contributed by atoms with E-state index < -0.39 is 18.1 Å². The molecule has 1 rings (SSSR count). The largest absolute Gasteiger partial charge is 0.573 e. The second-order valence-electron chi connectivity index (χ2n) is 3.98. The third-order valence-corrected chi connectivity index (χ3v) is 2.32. The van der Waals surface area contributed by atoms with E-state index in [2.05, 4.69) is 15.4 Å². The van der Waals surface area contributed by atoms with Crippen molar-refractivity contribution in [1.82, 2.24) is 5.32 Å². The number of urea groups is 1. The average Bonchev–Trinajstić information content (AvgIpc) is 2.39. The number of hydrogen-bond donors (Lipinski definition) is 2. The van der Waals surface area contributed by atoms with Crippen molar-refractivity contribution in [2.45, 2.75) is 19.7 Å². The van der Waals surface area contributed by atoms with Crippen LogP contribution in [0.25, 0.3) is 0 Å². The fourth-order valence-electron chi connectivity index (χ4n) is 1.47. The topological polar surface area (TPSA) is 59.6 Å². The van der Waals surface area contributed by atoms with Gasteiger partial charge in [0.2, 0.25) is 0 Å². The Morgan fingerprint density at radius 1 is 1.29 bits per heavy atom. The van der Waals surface area contributed by atoms with Crippen molar-refractivity contribution in [2.75, 3.05) is 25.1 Å². The van der Waals surface area contributed by atoms with E-state index in [1.807, 2.05) is 6.92 Å². The number of carbonyl (C=O) groups excluding carboxylic acids is 1. The predicted octanol–water partition coefficient (Wildman–Crippen LogP) is 3.13. The van der Waals surface area contributed by atoms with Gasteiger partial charge in [-0.2, -0.15) is 0 Å². The molecule has 5 nitrogen and oxygen atoms in total. The van der Waals surface area contributed by atoms with Gasteiger partial charge in [-0.15, -0.1) is 13.2 Å². The Labute approximate surface area is 120 Å². The first-order valence-electron chi connectivity index (χ1n) is 6.39. The maximum absolute atomic E-state index is 12.2. The first-order valence-corrected chi connectivity index (χ1v) is 6.39. The van der Waals surface area contributed by atoms with Crippen LogP contribution in [-0.4, -0.2) is 32.2 Å². The van der Waals surface area contributed by atoms with Gasteiger partial charge in [0.25, 0.3) is 0 Å². The number of benzene rings is 1. The van der Waals surface area contributed by atoms with Crippen molar-refractivity contribution in [1.29, 1.82) is 0 Å². The maximum atomic E-state index is 12.2. The summed E-state index contributed by atoms with van der Waals surface area (Å²) in [6.45, 7) is 3.31. The minimum Gasteiger partial charge on any atom is -0.404 e. The fourth-order valence-corrected chi connectivity index (χ4v) is 1.47. The Kier molecular flexibility index (Phi) is 6.80. The number of halogens is 3. The van der Waals surface area contributed by atoms with E-state index in [0.29, 0.717) is 26.2 Å². The Hall–Kier alpha value is -1.96. The number of anilines is 1. The summed E-state index contributed by atoms with van der Waals surface area (Å²) in [6, 6.07) is 4.71. The molecule has 118 valence electrons. The number of nitrogens with one attached hydrogen (secondary N) is 2. The van der Waals surface area contributed by atoms with E-state index in [-0.39, 0.29) is 5.69 Å². The molecule has 0 spiro atoms. The smallest absolute Gasteiger partial charge is 0.404 e. The molecule has 0 fully saturated rings. The number of hydrogen-bond acceptors (Lipinski definition) is 3. The molecule has 0 unspecified atom stereocenters. The third-order valence-electron chi connectivity index (χ3n) is 2.32. The van der Waals surface area contributed by atoms with Gasteiger partial charge in [0.05, 0.1) is 5.69 Å². The van der Waals surface area contributed by atoms with E-state index in [9.17, 15) is 18.0 Å². The lowest BCUT2D eigenvalue weighted by atomic mass is 10.3. The monoisotopic (exact) mass is 306 g/mol. The van der Waals surface area contributed by atoms with E-state index >= 15 is 0 Å². The molecule has 0 aliphatic heterocycles. The molecule has 0 heterocycles. The van der Waals surface area contributed by atoms with E-state index in [1.165, 1.54) is 18.2 Å². The molecule has 0 saturated heterocycles. The Morgan fingerprint density at radius 2 is 2.00 bits per heavy atom. The molecule has 1 aromatic rings. The number of rotatable bonds is 7. The van der Waals surface area contributed by atoms with Crippen LogP contribution in [0.4, 0.5) is 23.7 Å². The Morgan fingerprint density at radius 3 is 2.67 bits per heavy atom. The van der Waals surface area contributed by atoms with E-state index in [1.54, 1.807) is 0 Å². The maximum Gasteiger partial charge on any atom is 0.573 e. The molecule has 21 heavy (non-hydrogen) atoms. The van der Waals surface area contributed by atoms with Crippen molar-refractivity contribution in [3.63, 3.8) is 0 Å². The molecule has 1 aromatic carbocycles. The van der Waals surface area contributed by atoms with Crippen molar-refractivity contribution in [3.8, 4) is 5.75 Å². The van der Waals surface area contributed by atoms with Crippen LogP contribution in [0.15, 0.2) is 24.3 Å². The van der Waals surface area contributed by atoms with E-state index in [4.69, 9.17) is 4.74 Å². The van der Waals surface area contributed by atoms with Gasteiger partial charge in [0.15, 0.2) is 5.75 Å². The number of ether oxygens (including phenoxy) is 2. The van der Waals surface area contributed by atoms with Gasteiger partial charge in [-0.3, -0.25) is 0 Å². The second-order valence-corrected chi connectivity index (χ2v) is 3.98. The highest BCUT2D eigenvalue weighted by Gasteiger charge is 2.32. The van der Waals surface area contributed by atoms with Crippen molar-refractivity contribution in [3.05, 3.63) is 24.3 Å². The van der Waals surface area contributed by atoms with Gasteiger partial charge < -0.3 is 20.1 Å². The summed E-state index contributed by atoms with van der Waals surface area (Å²) in [5.74, 6) is -0.463. The van der Waals surface area contributed by atoms with Crippen LogP contribution in [0.2, 0.25) is 0 Å². The van der Waals surface area contributed by atoms with Crippen LogP contribution in [0.1, 0.15) is 13.3 Å². The summed E-state index contributed by atoms with van der Waals surface area (Å²) in [7, 11) is 0. The highest BCUT2D eigenvalue weighted by Crippen LogP contribution is 2.29. The lowest BCUT2D eigenvalue weighted by molar-refractivity contribution is -0.274. The van der Waals surface area contributed by atoms with Gasteiger partial charge in [-0.05, 0) is 25.5 Å². The highest BCUT2D eigenvalue weighted by atomic mass is 19.4. The summed E-state index contributed by atoms with van der Waals surface area (Å²) < 4.78 is 45.6. The predicted molar refractivity (Wildman–Crippen MR) is 71.3 cm³/mol. The summed E-state index contributed by atoms with van der Waals surface area (Å²) >= 11 is 0. The quantitative estimate of drug-likeness (QED) is 0.761. The van der Waals surface area contributed by atoms with Gasteiger partial charge in [0.1, 0.15) is 0 Å². The molecule has 0 saturated carbocycles. The van der Waals surface area contributed by atoms with Gasteiger partial charge in [0, 0.05) is 19.8 Å². The minimum atomic E-state index is -4.81. The molecular formula is C13H17F3N2O3. The number of para-hydroxylation sites is 2. The number of carbonyl (C=O) groups is 1. The zero-order chi connectivity index (χ0) is 15.7. The molecule has 2 amide bonds. The highest BCUT2D eigenvalue weighted by molar-refractivity contribution is 5.90. The zero-order valence-corrected chi connectivity index (χ0v) is 11.5. The molecule has 0 radical (unpaired) electrons. The molecule has 0 aliphatic carbocycles. The fraction of sp³-hybridized carbons (Fsp3) is 0.462. The SMILES string of the molecule is CCOCCCNC(=O)Nc1ccccc1OC(F)(F)F. The molecule has 8 heteroatoms. The van der Waals surface area contributed by atoms with Crippen LogP contribution in [0.3, 0.4) is 0 Å². The number of alkyl halides is 3. The normalized spacial score (nSPS) is 11.0. The Bertz CT molecular complexity index is 453. The van der Waals surface area contributed by atoms with Crippen LogP contribution in [0.5, 0.6) is 5.75 Å². The molecule has 0 aliphatic rings. The first-order chi connectivity index (χ1) is 9.92. The first kappa shape index (κ1) is 17.1. The van der Waals surface area contributed by atoms with Gasteiger partial charge in [-0.1, -0.05) is 12.1 Å². The lowest BCUT2D eigenvalue weighted by Gasteiger charge is -2.14. The molecule has 2 N–H and O–H groups in total. The summed E-state index contributed by atoms with van der Waals surface area (Å²) in [4.78, 5) is 11.6.